The van der Waals surface area contributed by atoms with E-state index in [9.17, 15) is 0 Å². The van der Waals surface area contributed by atoms with E-state index in [1.54, 1.807) is 13.4 Å². The fourth-order valence-corrected chi connectivity index (χ4v) is 2.09. The summed E-state index contributed by atoms with van der Waals surface area (Å²) in [6.45, 7) is 0.803. The first-order chi connectivity index (χ1) is 6.90. The third-order valence-corrected chi connectivity index (χ3v) is 2.87. The van der Waals surface area contributed by atoms with Crippen molar-refractivity contribution in [3.05, 3.63) is 24.2 Å². The Morgan fingerprint density at radius 1 is 1.57 bits per heavy atom. The van der Waals surface area contributed by atoms with E-state index >= 15 is 0 Å². The van der Waals surface area contributed by atoms with Crippen LogP contribution in [-0.4, -0.2) is 19.3 Å². The molecule has 3 heteroatoms. The Balaban J connectivity index is 1.80. The van der Waals surface area contributed by atoms with E-state index in [0.717, 1.165) is 12.3 Å². The summed E-state index contributed by atoms with van der Waals surface area (Å²) < 4.78 is 10.7. The standard InChI is InChI=1S/C11H17NO2/c1-13-11-6-2-5-10(11)12-8-9-4-3-7-14-9/h3-4,7,10-12H,2,5-6,8H2,1H3. The lowest BCUT2D eigenvalue weighted by molar-refractivity contribution is 0.0841. The molecular formula is C11H17NO2. The molecule has 0 aliphatic heterocycles. The van der Waals surface area contributed by atoms with Crippen molar-refractivity contribution in [3.63, 3.8) is 0 Å². The van der Waals surface area contributed by atoms with Gasteiger partial charge in [0.1, 0.15) is 5.76 Å². The molecule has 2 unspecified atom stereocenters. The molecule has 0 radical (unpaired) electrons. The molecule has 2 rings (SSSR count). The maximum atomic E-state index is 5.40. The molecule has 1 fully saturated rings. The van der Waals surface area contributed by atoms with Crippen LogP contribution in [-0.2, 0) is 11.3 Å². The molecule has 1 heterocycles. The number of hydrogen-bond acceptors (Lipinski definition) is 3. The van der Waals surface area contributed by atoms with Gasteiger partial charge >= 0.3 is 0 Å². The Bertz CT molecular complexity index is 258. The van der Waals surface area contributed by atoms with E-state index in [1.165, 1.54) is 19.3 Å². The van der Waals surface area contributed by atoms with E-state index in [-0.39, 0.29) is 0 Å². The second-order valence-electron chi connectivity index (χ2n) is 3.77. The van der Waals surface area contributed by atoms with Gasteiger partial charge in [-0.05, 0) is 31.4 Å². The van der Waals surface area contributed by atoms with Gasteiger partial charge in [-0.3, -0.25) is 0 Å². The first kappa shape index (κ1) is 9.74. The lowest BCUT2D eigenvalue weighted by atomic mass is 10.2. The molecule has 1 N–H and O–H groups in total. The Kier molecular flexibility index (Phi) is 3.22. The first-order valence-corrected chi connectivity index (χ1v) is 5.18. The van der Waals surface area contributed by atoms with Gasteiger partial charge in [0.2, 0.25) is 0 Å². The van der Waals surface area contributed by atoms with E-state index < -0.39 is 0 Å². The van der Waals surface area contributed by atoms with Crippen molar-refractivity contribution in [2.24, 2.45) is 0 Å². The van der Waals surface area contributed by atoms with Gasteiger partial charge in [0, 0.05) is 13.2 Å². The van der Waals surface area contributed by atoms with Crippen LogP contribution in [0.2, 0.25) is 0 Å². The normalized spacial score (nSPS) is 26.9. The van der Waals surface area contributed by atoms with Crippen LogP contribution >= 0.6 is 0 Å². The minimum absolute atomic E-state index is 0.380. The largest absolute Gasteiger partial charge is 0.468 e. The van der Waals surface area contributed by atoms with Crippen LogP contribution in [0.15, 0.2) is 22.8 Å². The Hall–Kier alpha value is -0.800. The number of rotatable bonds is 4. The molecule has 1 aliphatic carbocycles. The lowest BCUT2D eigenvalue weighted by Gasteiger charge is -2.18. The van der Waals surface area contributed by atoms with E-state index in [2.05, 4.69) is 5.32 Å². The minimum Gasteiger partial charge on any atom is -0.468 e. The molecule has 0 aromatic carbocycles. The second kappa shape index (κ2) is 4.62. The zero-order valence-electron chi connectivity index (χ0n) is 8.53. The number of hydrogen-bond donors (Lipinski definition) is 1. The summed E-state index contributed by atoms with van der Waals surface area (Å²) in [5.74, 6) is 0.992. The Morgan fingerprint density at radius 2 is 2.50 bits per heavy atom. The molecule has 1 aromatic heterocycles. The number of nitrogens with one attached hydrogen (secondary N) is 1. The summed E-state index contributed by atoms with van der Waals surface area (Å²) in [7, 11) is 1.79. The molecule has 14 heavy (non-hydrogen) atoms. The fraction of sp³-hybridized carbons (Fsp3) is 0.636. The summed E-state index contributed by atoms with van der Waals surface area (Å²) >= 11 is 0. The zero-order valence-corrected chi connectivity index (χ0v) is 8.53. The molecule has 0 bridgehead atoms. The summed E-state index contributed by atoms with van der Waals surface area (Å²) in [6, 6.07) is 4.40. The maximum absolute atomic E-state index is 5.40. The summed E-state index contributed by atoms with van der Waals surface area (Å²) in [4.78, 5) is 0. The van der Waals surface area contributed by atoms with Crippen LogP contribution in [0, 0.1) is 0 Å². The molecule has 2 atom stereocenters. The van der Waals surface area contributed by atoms with Gasteiger partial charge < -0.3 is 14.5 Å². The average molecular weight is 195 g/mol. The van der Waals surface area contributed by atoms with E-state index in [1.807, 2.05) is 12.1 Å². The van der Waals surface area contributed by atoms with Crippen molar-refractivity contribution in [2.45, 2.75) is 38.0 Å². The molecule has 1 aromatic rings. The first-order valence-electron chi connectivity index (χ1n) is 5.18. The molecule has 78 valence electrons. The minimum atomic E-state index is 0.380. The number of ether oxygens (including phenoxy) is 1. The predicted octanol–water partition coefficient (Wildman–Crippen LogP) is 1.94. The Labute approximate surface area is 84.4 Å². The highest BCUT2D eigenvalue weighted by Crippen LogP contribution is 2.21. The van der Waals surface area contributed by atoms with Gasteiger partial charge in [-0.1, -0.05) is 0 Å². The molecule has 1 saturated carbocycles. The van der Waals surface area contributed by atoms with Gasteiger partial charge in [-0.2, -0.15) is 0 Å². The van der Waals surface area contributed by atoms with Crippen LogP contribution in [0.4, 0.5) is 0 Å². The monoisotopic (exact) mass is 195 g/mol. The van der Waals surface area contributed by atoms with Gasteiger partial charge in [-0.15, -0.1) is 0 Å². The van der Waals surface area contributed by atoms with Crippen LogP contribution in [0.5, 0.6) is 0 Å². The number of methoxy groups -OCH3 is 1. The highest BCUT2D eigenvalue weighted by Gasteiger charge is 2.26. The van der Waals surface area contributed by atoms with Gasteiger partial charge in [0.05, 0.1) is 18.9 Å². The summed E-state index contributed by atoms with van der Waals surface area (Å²) in [5.41, 5.74) is 0. The van der Waals surface area contributed by atoms with Gasteiger partial charge in [0.25, 0.3) is 0 Å². The SMILES string of the molecule is COC1CCCC1NCc1ccco1. The summed E-state index contributed by atoms with van der Waals surface area (Å²) in [5, 5.41) is 3.47. The fourth-order valence-electron chi connectivity index (χ4n) is 2.09. The summed E-state index contributed by atoms with van der Waals surface area (Å²) in [6.07, 6.45) is 5.73. The van der Waals surface area contributed by atoms with Crippen LogP contribution in [0.1, 0.15) is 25.0 Å². The quantitative estimate of drug-likeness (QED) is 0.797. The molecule has 0 spiro atoms. The lowest BCUT2D eigenvalue weighted by Crippen LogP contribution is -2.36. The predicted molar refractivity (Wildman–Crippen MR) is 54.0 cm³/mol. The number of furan rings is 1. The average Bonchev–Trinajstić information content (AvgIpc) is 2.85. The van der Waals surface area contributed by atoms with Crippen molar-refractivity contribution < 1.29 is 9.15 Å². The maximum Gasteiger partial charge on any atom is 0.117 e. The zero-order chi connectivity index (χ0) is 9.80. The van der Waals surface area contributed by atoms with Crippen molar-refractivity contribution in [1.82, 2.24) is 5.32 Å². The van der Waals surface area contributed by atoms with E-state index in [0.29, 0.717) is 12.1 Å². The highest BCUT2D eigenvalue weighted by molar-refractivity contribution is 4.98. The van der Waals surface area contributed by atoms with Gasteiger partial charge in [-0.25, -0.2) is 0 Å². The van der Waals surface area contributed by atoms with Crippen LogP contribution in [0.25, 0.3) is 0 Å². The highest BCUT2D eigenvalue weighted by atomic mass is 16.5. The third-order valence-electron chi connectivity index (χ3n) is 2.87. The van der Waals surface area contributed by atoms with Gasteiger partial charge in [0.15, 0.2) is 0 Å². The third kappa shape index (κ3) is 2.16. The Morgan fingerprint density at radius 3 is 3.21 bits per heavy atom. The second-order valence-corrected chi connectivity index (χ2v) is 3.77. The van der Waals surface area contributed by atoms with Crippen molar-refractivity contribution in [1.29, 1.82) is 0 Å². The molecular weight excluding hydrogens is 178 g/mol. The van der Waals surface area contributed by atoms with Crippen LogP contribution < -0.4 is 5.32 Å². The van der Waals surface area contributed by atoms with Crippen molar-refractivity contribution in [2.75, 3.05) is 7.11 Å². The molecule has 1 aliphatic rings. The van der Waals surface area contributed by atoms with Crippen LogP contribution in [0.3, 0.4) is 0 Å². The van der Waals surface area contributed by atoms with E-state index in [4.69, 9.17) is 9.15 Å². The van der Waals surface area contributed by atoms with Crippen molar-refractivity contribution >= 4 is 0 Å². The topological polar surface area (TPSA) is 34.4 Å². The van der Waals surface area contributed by atoms with Crippen molar-refractivity contribution in [3.8, 4) is 0 Å². The molecule has 0 saturated heterocycles. The molecule has 0 amide bonds. The smallest absolute Gasteiger partial charge is 0.117 e. The molecule has 3 nitrogen and oxygen atoms in total.